The van der Waals surface area contributed by atoms with Gasteiger partial charge in [0.15, 0.2) is 0 Å². The van der Waals surface area contributed by atoms with Gasteiger partial charge in [-0.05, 0) is 18.6 Å². The van der Waals surface area contributed by atoms with Gasteiger partial charge in [0, 0.05) is 32.8 Å². The zero-order valence-electron chi connectivity index (χ0n) is 11.4. The molecule has 0 saturated heterocycles. The van der Waals surface area contributed by atoms with Crippen LogP contribution in [0.15, 0.2) is 12.1 Å². The molecule has 0 radical (unpaired) electrons. The maximum absolute atomic E-state index is 11.4. The molecule has 1 heterocycles. The van der Waals surface area contributed by atoms with E-state index in [2.05, 4.69) is 10.3 Å². The lowest BCUT2D eigenvalue weighted by Crippen LogP contribution is -2.24. The molecule has 0 bridgehead atoms. The molecule has 6 nitrogen and oxygen atoms in total. The fraction of sp³-hybridized carbons (Fsp3) is 0.462. The summed E-state index contributed by atoms with van der Waals surface area (Å²) in [7, 11) is 3.39. The van der Waals surface area contributed by atoms with Gasteiger partial charge in [-0.3, -0.25) is 4.79 Å². The summed E-state index contributed by atoms with van der Waals surface area (Å²) in [5.74, 6) is -0.481. The molecule has 0 aliphatic heterocycles. The minimum atomic E-state index is -0.982. The number of nitrogens with zero attached hydrogens (tertiary/aromatic N) is 2. The van der Waals surface area contributed by atoms with Crippen LogP contribution in [-0.4, -0.2) is 47.5 Å². The number of nitrogens with one attached hydrogen (secondary N) is 1. The monoisotopic (exact) mass is 265 g/mol. The van der Waals surface area contributed by atoms with Crippen LogP contribution < -0.4 is 5.32 Å². The van der Waals surface area contributed by atoms with E-state index in [9.17, 15) is 9.59 Å². The fourth-order valence-electron chi connectivity index (χ4n) is 1.50. The zero-order chi connectivity index (χ0) is 14.4. The van der Waals surface area contributed by atoms with Crippen LogP contribution in [0.25, 0.3) is 0 Å². The first-order valence-electron chi connectivity index (χ1n) is 6.12. The summed E-state index contributed by atoms with van der Waals surface area (Å²) in [5.41, 5.74) is 0.912. The predicted molar refractivity (Wildman–Crippen MR) is 72.4 cm³/mol. The van der Waals surface area contributed by atoms with E-state index in [1.54, 1.807) is 20.2 Å². The minimum absolute atomic E-state index is 0.0117. The summed E-state index contributed by atoms with van der Waals surface area (Å²) in [6.45, 7) is 2.34. The molecular weight excluding hydrogens is 246 g/mol. The second kappa shape index (κ2) is 6.72. The second-order valence-corrected chi connectivity index (χ2v) is 4.36. The van der Waals surface area contributed by atoms with Crippen molar-refractivity contribution in [3.05, 3.63) is 23.4 Å². The molecule has 6 heteroatoms. The standard InChI is InChI=1S/C13H19N3O3/c1-4-10-7-9(13(18)19)8-11(15-10)14-6-5-12(17)16(2)3/h7-8H,4-6H2,1-3H3,(H,14,15)(H,18,19). The van der Waals surface area contributed by atoms with Crippen molar-refractivity contribution < 1.29 is 14.7 Å². The molecule has 0 aliphatic carbocycles. The molecule has 0 unspecified atom stereocenters. The largest absolute Gasteiger partial charge is 0.478 e. The third-order valence-corrected chi connectivity index (χ3v) is 2.63. The number of hydrogen-bond donors (Lipinski definition) is 2. The van der Waals surface area contributed by atoms with E-state index in [0.29, 0.717) is 30.9 Å². The van der Waals surface area contributed by atoms with Gasteiger partial charge in [-0.1, -0.05) is 6.92 Å². The van der Waals surface area contributed by atoms with Crippen molar-refractivity contribution in [2.75, 3.05) is 26.0 Å². The van der Waals surface area contributed by atoms with Crippen LogP contribution in [0.4, 0.5) is 5.82 Å². The summed E-state index contributed by atoms with van der Waals surface area (Å²) in [5, 5.41) is 12.0. The number of pyridine rings is 1. The van der Waals surface area contributed by atoms with E-state index in [1.807, 2.05) is 6.92 Å². The highest BCUT2D eigenvalue weighted by molar-refractivity contribution is 5.88. The van der Waals surface area contributed by atoms with Crippen molar-refractivity contribution in [3.63, 3.8) is 0 Å². The molecule has 0 aliphatic rings. The number of carboxylic acids is 1. The lowest BCUT2D eigenvalue weighted by atomic mass is 10.2. The van der Waals surface area contributed by atoms with Gasteiger partial charge >= 0.3 is 5.97 Å². The lowest BCUT2D eigenvalue weighted by molar-refractivity contribution is -0.128. The van der Waals surface area contributed by atoms with Gasteiger partial charge in [0.05, 0.1) is 5.56 Å². The quantitative estimate of drug-likeness (QED) is 0.808. The van der Waals surface area contributed by atoms with E-state index in [0.717, 1.165) is 0 Å². The zero-order valence-corrected chi connectivity index (χ0v) is 11.4. The average molecular weight is 265 g/mol. The summed E-state index contributed by atoms with van der Waals surface area (Å²) < 4.78 is 0. The van der Waals surface area contributed by atoms with E-state index in [4.69, 9.17) is 5.11 Å². The van der Waals surface area contributed by atoms with Crippen molar-refractivity contribution >= 4 is 17.7 Å². The first kappa shape index (κ1) is 14.9. The molecule has 0 saturated carbocycles. The molecule has 1 aromatic heterocycles. The summed E-state index contributed by atoms with van der Waals surface area (Å²) in [4.78, 5) is 28.2. The van der Waals surface area contributed by atoms with Crippen molar-refractivity contribution in [1.29, 1.82) is 0 Å². The third kappa shape index (κ3) is 4.57. The number of rotatable bonds is 6. The van der Waals surface area contributed by atoms with E-state index >= 15 is 0 Å². The van der Waals surface area contributed by atoms with Gasteiger partial charge in [0.2, 0.25) is 5.91 Å². The van der Waals surface area contributed by atoms with Crippen molar-refractivity contribution in [3.8, 4) is 0 Å². The molecule has 0 aromatic carbocycles. The SMILES string of the molecule is CCc1cc(C(=O)O)cc(NCCC(=O)N(C)C)n1. The van der Waals surface area contributed by atoms with E-state index in [1.165, 1.54) is 11.0 Å². The van der Waals surface area contributed by atoms with Crippen molar-refractivity contribution in [1.82, 2.24) is 9.88 Å². The van der Waals surface area contributed by atoms with Crippen molar-refractivity contribution in [2.24, 2.45) is 0 Å². The Morgan fingerprint density at radius 3 is 2.58 bits per heavy atom. The third-order valence-electron chi connectivity index (χ3n) is 2.63. The maximum atomic E-state index is 11.4. The molecule has 1 aromatic rings. The van der Waals surface area contributed by atoms with Crippen LogP contribution in [0.2, 0.25) is 0 Å². The number of aromatic nitrogens is 1. The Hall–Kier alpha value is -2.11. The molecular formula is C13H19N3O3. The number of hydrogen-bond acceptors (Lipinski definition) is 4. The van der Waals surface area contributed by atoms with E-state index in [-0.39, 0.29) is 11.5 Å². The van der Waals surface area contributed by atoms with Crippen LogP contribution >= 0.6 is 0 Å². The van der Waals surface area contributed by atoms with Crippen LogP contribution in [0, 0.1) is 0 Å². The number of carboxylic acid groups (broad SMARTS) is 1. The number of carbonyl (C=O) groups is 2. The Morgan fingerprint density at radius 1 is 1.37 bits per heavy atom. The number of amides is 1. The Bertz CT molecular complexity index is 472. The fourth-order valence-corrected chi connectivity index (χ4v) is 1.50. The Morgan fingerprint density at radius 2 is 2.05 bits per heavy atom. The van der Waals surface area contributed by atoms with Crippen molar-refractivity contribution in [2.45, 2.75) is 19.8 Å². The topological polar surface area (TPSA) is 82.5 Å². The molecule has 0 spiro atoms. The molecule has 0 atom stereocenters. The molecule has 104 valence electrons. The van der Waals surface area contributed by atoms with Gasteiger partial charge in [-0.2, -0.15) is 0 Å². The van der Waals surface area contributed by atoms with Gasteiger partial charge in [0.25, 0.3) is 0 Å². The molecule has 2 N–H and O–H groups in total. The Kier molecular flexibility index (Phi) is 5.29. The Labute approximate surface area is 112 Å². The number of aromatic carboxylic acids is 1. The molecule has 1 rings (SSSR count). The molecule has 0 fully saturated rings. The first-order valence-corrected chi connectivity index (χ1v) is 6.12. The van der Waals surface area contributed by atoms with Crippen LogP contribution in [0.3, 0.4) is 0 Å². The maximum Gasteiger partial charge on any atom is 0.335 e. The Balaban J connectivity index is 2.70. The number of carbonyl (C=O) groups excluding carboxylic acids is 1. The highest BCUT2D eigenvalue weighted by atomic mass is 16.4. The highest BCUT2D eigenvalue weighted by Crippen LogP contribution is 2.11. The van der Waals surface area contributed by atoms with E-state index < -0.39 is 5.97 Å². The summed E-state index contributed by atoms with van der Waals surface area (Å²) >= 11 is 0. The van der Waals surface area contributed by atoms with Gasteiger partial charge < -0.3 is 15.3 Å². The summed E-state index contributed by atoms with van der Waals surface area (Å²) in [6, 6.07) is 3.03. The summed E-state index contributed by atoms with van der Waals surface area (Å²) in [6.07, 6.45) is 1.000. The average Bonchev–Trinajstić information content (AvgIpc) is 2.37. The minimum Gasteiger partial charge on any atom is -0.478 e. The predicted octanol–water partition coefficient (Wildman–Crippen LogP) is 1.23. The number of aryl methyl sites for hydroxylation is 1. The highest BCUT2D eigenvalue weighted by Gasteiger charge is 2.08. The van der Waals surface area contributed by atoms with Gasteiger partial charge in [-0.15, -0.1) is 0 Å². The van der Waals surface area contributed by atoms with Crippen LogP contribution in [-0.2, 0) is 11.2 Å². The van der Waals surface area contributed by atoms with Gasteiger partial charge in [-0.25, -0.2) is 9.78 Å². The first-order chi connectivity index (χ1) is 8.93. The molecule has 19 heavy (non-hydrogen) atoms. The van der Waals surface area contributed by atoms with Crippen LogP contribution in [0.5, 0.6) is 0 Å². The van der Waals surface area contributed by atoms with Crippen LogP contribution in [0.1, 0.15) is 29.4 Å². The molecule has 1 amide bonds. The van der Waals surface area contributed by atoms with Gasteiger partial charge in [0.1, 0.15) is 5.82 Å². The second-order valence-electron chi connectivity index (χ2n) is 4.36. The lowest BCUT2D eigenvalue weighted by Gasteiger charge is -2.11. The normalized spacial score (nSPS) is 10.1. The smallest absolute Gasteiger partial charge is 0.335 e. The number of anilines is 1.